The van der Waals surface area contributed by atoms with Crippen LogP contribution in [-0.2, 0) is 6.42 Å². The highest BCUT2D eigenvalue weighted by Crippen LogP contribution is 2.13. The molecule has 0 spiro atoms. The number of aliphatic hydroxyl groups is 1. The first kappa shape index (κ1) is 14.5. The number of aryl methyl sites for hydroxylation is 1. The van der Waals surface area contributed by atoms with Crippen LogP contribution in [0.1, 0.15) is 48.8 Å². The summed E-state index contributed by atoms with van der Waals surface area (Å²) >= 11 is 0. The molecule has 0 aliphatic rings. The van der Waals surface area contributed by atoms with E-state index in [1.165, 1.54) is 0 Å². The van der Waals surface area contributed by atoms with Gasteiger partial charge in [-0.15, -0.1) is 0 Å². The molecule has 0 atom stereocenters. The van der Waals surface area contributed by atoms with Gasteiger partial charge in [0.25, 0.3) is 5.91 Å². The number of anilines is 1. The fourth-order valence-corrected chi connectivity index (χ4v) is 1.71. The van der Waals surface area contributed by atoms with E-state index in [0.717, 1.165) is 37.8 Å². The number of rotatable bonds is 8. The summed E-state index contributed by atoms with van der Waals surface area (Å²) in [6.07, 6.45) is 4.43. The van der Waals surface area contributed by atoms with Crippen LogP contribution in [0.25, 0.3) is 0 Å². The van der Waals surface area contributed by atoms with E-state index in [0.29, 0.717) is 12.2 Å². The minimum absolute atomic E-state index is 0.231. The molecule has 1 amide bonds. The number of amides is 1. The van der Waals surface area contributed by atoms with Crippen molar-refractivity contribution in [1.82, 2.24) is 15.5 Å². The highest BCUT2D eigenvalue weighted by Gasteiger charge is 2.15. The maximum absolute atomic E-state index is 11.8. The monoisotopic (exact) mass is 254 g/mol. The molecule has 0 aliphatic heterocycles. The standard InChI is InChI=1S/C12H22N4O2/c1-2-9-10(13)11(16-15-9)12(18)14-7-5-3-4-6-8-17/h17H,2-8,13H2,1H3,(H,14,18)(H,15,16). The summed E-state index contributed by atoms with van der Waals surface area (Å²) in [6.45, 7) is 2.79. The van der Waals surface area contributed by atoms with Crippen LogP contribution in [-0.4, -0.2) is 34.4 Å². The molecule has 102 valence electrons. The third-order valence-corrected chi connectivity index (χ3v) is 2.82. The maximum atomic E-state index is 11.8. The van der Waals surface area contributed by atoms with Crippen molar-refractivity contribution in [1.29, 1.82) is 0 Å². The average Bonchev–Trinajstić information content (AvgIpc) is 2.74. The third-order valence-electron chi connectivity index (χ3n) is 2.82. The number of carbonyl (C=O) groups is 1. The average molecular weight is 254 g/mol. The van der Waals surface area contributed by atoms with Gasteiger partial charge in [-0.1, -0.05) is 19.8 Å². The van der Waals surface area contributed by atoms with E-state index in [-0.39, 0.29) is 18.2 Å². The van der Waals surface area contributed by atoms with Gasteiger partial charge in [0.1, 0.15) is 0 Å². The summed E-state index contributed by atoms with van der Waals surface area (Å²) in [7, 11) is 0. The number of hydrogen-bond acceptors (Lipinski definition) is 4. The van der Waals surface area contributed by atoms with E-state index < -0.39 is 0 Å². The van der Waals surface area contributed by atoms with Gasteiger partial charge in [0.15, 0.2) is 5.69 Å². The van der Waals surface area contributed by atoms with E-state index in [1.807, 2.05) is 6.92 Å². The van der Waals surface area contributed by atoms with Crippen molar-refractivity contribution < 1.29 is 9.90 Å². The van der Waals surface area contributed by atoms with Gasteiger partial charge in [-0.25, -0.2) is 0 Å². The minimum Gasteiger partial charge on any atom is -0.396 e. The van der Waals surface area contributed by atoms with Crippen molar-refractivity contribution in [2.75, 3.05) is 18.9 Å². The molecule has 0 radical (unpaired) electrons. The lowest BCUT2D eigenvalue weighted by Gasteiger charge is -2.03. The number of nitrogens with one attached hydrogen (secondary N) is 2. The van der Waals surface area contributed by atoms with Crippen LogP contribution in [0.2, 0.25) is 0 Å². The molecule has 1 aromatic heterocycles. The summed E-state index contributed by atoms with van der Waals surface area (Å²) in [5.41, 5.74) is 7.32. The number of unbranched alkanes of at least 4 members (excludes halogenated alkanes) is 3. The number of carbonyl (C=O) groups excluding carboxylic acids is 1. The molecule has 1 aromatic rings. The van der Waals surface area contributed by atoms with Crippen LogP contribution in [0.4, 0.5) is 5.69 Å². The van der Waals surface area contributed by atoms with Crippen molar-refractivity contribution in [3.05, 3.63) is 11.4 Å². The third kappa shape index (κ3) is 4.03. The zero-order chi connectivity index (χ0) is 13.4. The van der Waals surface area contributed by atoms with Crippen LogP contribution in [0.15, 0.2) is 0 Å². The summed E-state index contributed by atoms with van der Waals surface area (Å²) in [6, 6.07) is 0. The molecule has 0 aromatic carbocycles. The molecule has 5 N–H and O–H groups in total. The largest absolute Gasteiger partial charge is 0.396 e. The number of nitrogens with zero attached hydrogens (tertiary/aromatic N) is 1. The lowest BCUT2D eigenvalue weighted by Crippen LogP contribution is -2.25. The van der Waals surface area contributed by atoms with Crippen molar-refractivity contribution in [2.24, 2.45) is 0 Å². The minimum atomic E-state index is -0.231. The van der Waals surface area contributed by atoms with Gasteiger partial charge in [-0.2, -0.15) is 5.10 Å². The van der Waals surface area contributed by atoms with Crippen molar-refractivity contribution >= 4 is 11.6 Å². The first-order valence-corrected chi connectivity index (χ1v) is 6.42. The first-order valence-electron chi connectivity index (χ1n) is 6.42. The number of H-pyrrole nitrogens is 1. The summed E-state index contributed by atoms with van der Waals surface area (Å²) in [5.74, 6) is -0.231. The molecule has 0 fully saturated rings. The van der Waals surface area contributed by atoms with Gasteiger partial charge in [-0.05, 0) is 19.3 Å². The zero-order valence-corrected chi connectivity index (χ0v) is 10.8. The molecular weight excluding hydrogens is 232 g/mol. The lowest BCUT2D eigenvalue weighted by molar-refractivity contribution is 0.0948. The Kier molecular flexibility index (Phi) is 6.21. The number of aromatic nitrogens is 2. The maximum Gasteiger partial charge on any atom is 0.273 e. The van der Waals surface area contributed by atoms with Gasteiger partial charge in [0.2, 0.25) is 0 Å². The molecule has 0 aliphatic carbocycles. The van der Waals surface area contributed by atoms with Crippen LogP contribution < -0.4 is 11.1 Å². The Balaban J connectivity index is 2.30. The number of nitrogens with two attached hydrogens (primary N) is 1. The summed E-state index contributed by atoms with van der Waals surface area (Å²) in [4.78, 5) is 11.8. The van der Waals surface area contributed by atoms with Crippen molar-refractivity contribution in [2.45, 2.75) is 39.0 Å². The fourth-order valence-electron chi connectivity index (χ4n) is 1.71. The predicted molar refractivity (Wildman–Crippen MR) is 70.3 cm³/mol. The molecular formula is C12H22N4O2. The quantitative estimate of drug-likeness (QED) is 0.516. The fraction of sp³-hybridized carbons (Fsp3) is 0.667. The topological polar surface area (TPSA) is 104 Å². The number of aliphatic hydroxyl groups excluding tert-OH is 1. The van der Waals surface area contributed by atoms with Crippen LogP contribution in [0, 0.1) is 0 Å². The molecule has 1 heterocycles. The van der Waals surface area contributed by atoms with E-state index in [9.17, 15) is 4.79 Å². The zero-order valence-electron chi connectivity index (χ0n) is 10.8. The van der Waals surface area contributed by atoms with Crippen LogP contribution in [0.5, 0.6) is 0 Å². The van der Waals surface area contributed by atoms with Gasteiger partial charge in [0, 0.05) is 13.2 Å². The second-order valence-corrected chi connectivity index (χ2v) is 4.21. The van der Waals surface area contributed by atoms with Crippen molar-refractivity contribution in [3.8, 4) is 0 Å². The van der Waals surface area contributed by atoms with E-state index >= 15 is 0 Å². The Labute approximate surface area is 107 Å². The highest BCUT2D eigenvalue weighted by molar-refractivity contribution is 5.97. The molecule has 6 heteroatoms. The number of hydrogen-bond donors (Lipinski definition) is 4. The van der Waals surface area contributed by atoms with E-state index in [4.69, 9.17) is 10.8 Å². The molecule has 6 nitrogen and oxygen atoms in total. The Morgan fingerprint density at radius 1 is 1.39 bits per heavy atom. The van der Waals surface area contributed by atoms with Gasteiger partial charge >= 0.3 is 0 Å². The predicted octanol–water partition coefficient (Wildman–Crippen LogP) is 0.837. The van der Waals surface area contributed by atoms with Gasteiger partial charge in [-0.3, -0.25) is 9.89 Å². The molecule has 0 saturated heterocycles. The van der Waals surface area contributed by atoms with Gasteiger partial charge in [0.05, 0.1) is 11.4 Å². The molecule has 0 saturated carbocycles. The second-order valence-electron chi connectivity index (χ2n) is 4.21. The smallest absolute Gasteiger partial charge is 0.273 e. The Morgan fingerprint density at radius 2 is 2.11 bits per heavy atom. The normalized spacial score (nSPS) is 10.6. The summed E-state index contributed by atoms with van der Waals surface area (Å²) < 4.78 is 0. The van der Waals surface area contributed by atoms with E-state index in [1.54, 1.807) is 0 Å². The second kappa shape index (κ2) is 7.71. The first-order chi connectivity index (χ1) is 8.70. The highest BCUT2D eigenvalue weighted by atomic mass is 16.2. The molecule has 0 bridgehead atoms. The van der Waals surface area contributed by atoms with Crippen molar-refractivity contribution in [3.63, 3.8) is 0 Å². The Bertz CT molecular complexity index is 376. The SMILES string of the molecule is CCc1[nH]nc(C(=O)NCCCCCCO)c1N. The van der Waals surface area contributed by atoms with Crippen LogP contribution >= 0.6 is 0 Å². The number of aromatic amines is 1. The van der Waals surface area contributed by atoms with E-state index in [2.05, 4.69) is 15.5 Å². The number of nitrogen functional groups attached to an aromatic ring is 1. The Hall–Kier alpha value is -1.56. The lowest BCUT2D eigenvalue weighted by atomic mass is 10.2. The summed E-state index contributed by atoms with van der Waals surface area (Å²) in [5, 5.41) is 18.1. The molecule has 0 unspecified atom stereocenters. The molecule has 1 rings (SSSR count). The Morgan fingerprint density at radius 3 is 2.72 bits per heavy atom. The molecule has 18 heavy (non-hydrogen) atoms. The van der Waals surface area contributed by atoms with Crippen LogP contribution in [0.3, 0.4) is 0 Å². The van der Waals surface area contributed by atoms with Gasteiger partial charge < -0.3 is 16.2 Å².